The fourth-order valence-corrected chi connectivity index (χ4v) is 1.84. The van der Waals surface area contributed by atoms with Gasteiger partial charge in [0.05, 0.1) is 6.20 Å². The lowest BCUT2D eigenvalue weighted by Crippen LogP contribution is -2.35. The van der Waals surface area contributed by atoms with E-state index in [1.165, 1.54) is 12.8 Å². The van der Waals surface area contributed by atoms with E-state index in [1.54, 1.807) is 6.20 Å². The van der Waals surface area contributed by atoms with Crippen molar-refractivity contribution in [2.75, 3.05) is 11.4 Å². The average Bonchev–Trinajstić information content (AvgIpc) is 2.39. The minimum absolute atomic E-state index is 0.476. The molecule has 0 saturated carbocycles. The molecule has 1 atom stereocenters. The molecule has 1 unspecified atom stereocenters. The first kappa shape index (κ1) is 13.9. The van der Waals surface area contributed by atoms with Crippen LogP contribution in [0.4, 0.5) is 5.82 Å². The van der Waals surface area contributed by atoms with Gasteiger partial charge in [-0.15, -0.1) is 5.10 Å². The first-order valence-electron chi connectivity index (χ1n) is 6.51. The van der Waals surface area contributed by atoms with Crippen molar-refractivity contribution in [3.63, 3.8) is 0 Å². The lowest BCUT2D eigenvalue weighted by Gasteiger charge is -2.30. The van der Waals surface area contributed by atoms with E-state index in [9.17, 15) is 0 Å². The third kappa shape index (κ3) is 3.66. The van der Waals surface area contributed by atoms with Crippen molar-refractivity contribution in [2.45, 2.75) is 52.6 Å². The number of unbranched alkanes of at least 4 members (excludes halogenated alkanes) is 1. The monoisotopic (exact) mass is 236 g/mol. The van der Waals surface area contributed by atoms with Crippen LogP contribution in [0.15, 0.2) is 12.3 Å². The van der Waals surface area contributed by atoms with Gasteiger partial charge >= 0.3 is 0 Å². The molecule has 0 aliphatic heterocycles. The molecule has 0 radical (unpaired) electrons. The second-order valence-corrected chi connectivity index (χ2v) is 4.39. The number of nitrogens with two attached hydrogens (primary N) is 1. The summed E-state index contributed by atoms with van der Waals surface area (Å²) in [7, 11) is 0. The highest BCUT2D eigenvalue weighted by Gasteiger charge is 2.16. The van der Waals surface area contributed by atoms with E-state index in [2.05, 4.69) is 35.9 Å². The smallest absolute Gasteiger partial charge is 0.156 e. The van der Waals surface area contributed by atoms with Gasteiger partial charge in [-0.25, -0.2) is 0 Å². The number of hydrogen-bond donors (Lipinski definition) is 1. The highest BCUT2D eigenvalue weighted by atomic mass is 15.3. The van der Waals surface area contributed by atoms with E-state index in [0.29, 0.717) is 12.6 Å². The van der Waals surface area contributed by atoms with Crippen molar-refractivity contribution < 1.29 is 0 Å². The Labute approximate surface area is 104 Å². The van der Waals surface area contributed by atoms with Crippen LogP contribution in [-0.2, 0) is 6.54 Å². The Kier molecular flexibility index (Phi) is 5.91. The van der Waals surface area contributed by atoms with Crippen LogP contribution in [0.2, 0.25) is 0 Å². The Balaban J connectivity index is 2.94. The molecule has 0 aromatic carbocycles. The molecule has 1 aromatic heterocycles. The van der Waals surface area contributed by atoms with Crippen molar-refractivity contribution in [1.29, 1.82) is 0 Å². The molecule has 1 heterocycles. The summed E-state index contributed by atoms with van der Waals surface area (Å²) in [6.45, 7) is 8.17. The van der Waals surface area contributed by atoms with Crippen molar-refractivity contribution in [1.82, 2.24) is 10.2 Å². The van der Waals surface area contributed by atoms with E-state index >= 15 is 0 Å². The Morgan fingerprint density at radius 2 is 2.18 bits per heavy atom. The highest BCUT2D eigenvalue weighted by molar-refractivity contribution is 5.46. The van der Waals surface area contributed by atoms with Gasteiger partial charge in [-0.05, 0) is 25.8 Å². The molecule has 1 aromatic rings. The van der Waals surface area contributed by atoms with Crippen molar-refractivity contribution in [2.24, 2.45) is 5.73 Å². The Morgan fingerprint density at radius 3 is 2.76 bits per heavy atom. The summed E-state index contributed by atoms with van der Waals surface area (Å²) in [6, 6.07) is 2.44. The summed E-state index contributed by atoms with van der Waals surface area (Å²) in [4.78, 5) is 2.33. The van der Waals surface area contributed by atoms with Crippen LogP contribution in [0.5, 0.6) is 0 Å². The summed E-state index contributed by atoms with van der Waals surface area (Å²) >= 11 is 0. The van der Waals surface area contributed by atoms with Crippen LogP contribution >= 0.6 is 0 Å². The van der Waals surface area contributed by atoms with Crippen molar-refractivity contribution in [3.8, 4) is 0 Å². The summed E-state index contributed by atoms with van der Waals surface area (Å²) in [6.07, 6.45) is 5.17. The summed E-state index contributed by atoms with van der Waals surface area (Å²) < 4.78 is 0. The van der Waals surface area contributed by atoms with Gasteiger partial charge in [0.1, 0.15) is 0 Å². The quantitative estimate of drug-likeness (QED) is 0.789. The Bertz CT molecular complexity index is 327. The van der Waals surface area contributed by atoms with Crippen LogP contribution in [0.25, 0.3) is 0 Å². The third-order valence-electron chi connectivity index (χ3n) is 3.15. The maximum atomic E-state index is 5.76. The van der Waals surface area contributed by atoms with Gasteiger partial charge in [0.15, 0.2) is 5.82 Å². The molecule has 4 heteroatoms. The normalized spacial score (nSPS) is 12.5. The predicted octanol–water partition coefficient (Wildman–Crippen LogP) is 2.34. The van der Waals surface area contributed by atoms with E-state index in [4.69, 9.17) is 5.73 Å². The number of nitrogens with zero attached hydrogens (tertiary/aromatic N) is 3. The second kappa shape index (κ2) is 7.22. The minimum Gasteiger partial charge on any atom is -0.352 e. The van der Waals surface area contributed by atoms with Crippen LogP contribution < -0.4 is 10.6 Å². The SMILES string of the molecule is CCCCN(c1nnccc1CN)C(C)CC. The van der Waals surface area contributed by atoms with E-state index in [-0.39, 0.29) is 0 Å². The number of rotatable bonds is 7. The lowest BCUT2D eigenvalue weighted by molar-refractivity contribution is 0.583. The summed E-state index contributed by atoms with van der Waals surface area (Å²) in [5.74, 6) is 0.956. The zero-order chi connectivity index (χ0) is 12.7. The molecule has 0 amide bonds. The molecule has 0 aliphatic carbocycles. The van der Waals surface area contributed by atoms with Crippen molar-refractivity contribution >= 4 is 5.82 Å². The Hall–Kier alpha value is -1.16. The first-order valence-corrected chi connectivity index (χ1v) is 6.51. The maximum absolute atomic E-state index is 5.76. The minimum atomic E-state index is 0.476. The molecule has 1 rings (SSSR count). The topological polar surface area (TPSA) is 55.0 Å². The van der Waals surface area contributed by atoms with Gasteiger partial charge in [0.2, 0.25) is 0 Å². The first-order chi connectivity index (χ1) is 8.24. The number of anilines is 1. The van der Waals surface area contributed by atoms with Crippen LogP contribution in [0.3, 0.4) is 0 Å². The molecular weight excluding hydrogens is 212 g/mol. The van der Waals surface area contributed by atoms with Gasteiger partial charge in [0, 0.05) is 24.7 Å². The average molecular weight is 236 g/mol. The molecule has 0 fully saturated rings. The van der Waals surface area contributed by atoms with E-state index in [0.717, 1.165) is 24.3 Å². The molecule has 2 N–H and O–H groups in total. The molecule has 0 aliphatic rings. The summed E-state index contributed by atoms with van der Waals surface area (Å²) in [5, 5.41) is 8.26. The van der Waals surface area contributed by atoms with Crippen LogP contribution in [0, 0.1) is 0 Å². The van der Waals surface area contributed by atoms with Gasteiger partial charge in [-0.1, -0.05) is 20.3 Å². The zero-order valence-corrected chi connectivity index (χ0v) is 11.2. The third-order valence-corrected chi connectivity index (χ3v) is 3.15. The van der Waals surface area contributed by atoms with E-state index in [1.807, 2.05) is 6.07 Å². The fourth-order valence-electron chi connectivity index (χ4n) is 1.84. The van der Waals surface area contributed by atoms with Crippen LogP contribution in [0.1, 0.15) is 45.6 Å². The molecule has 0 saturated heterocycles. The van der Waals surface area contributed by atoms with Crippen molar-refractivity contribution in [3.05, 3.63) is 17.8 Å². The highest BCUT2D eigenvalue weighted by Crippen LogP contribution is 2.20. The Morgan fingerprint density at radius 1 is 1.41 bits per heavy atom. The molecule has 17 heavy (non-hydrogen) atoms. The molecule has 0 bridgehead atoms. The van der Waals surface area contributed by atoms with Crippen LogP contribution in [-0.4, -0.2) is 22.8 Å². The standard InChI is InChI=1S/C13H24N4/c1-4-6-9-17(11(3)5-2)13-12(10-14)7-8-15-16-13/h7-8,11H,4-6,9-10,14H2,1-3H3. The van der Waals surface area contributed by atoms with E-state index < -0.39 is 0 Å². The summed E-state index contributed by atoms with van der Waals surface area (Å²) in [5.41, 5.74) is 6.84. The van der Waals surface area contributed by atoms with Gasteiger partial charge in [-0.3, -0.25) is 0 Å². The van der Waals surface area contributed by atoms with Gasteiger partial charge in [0.25, 0.3) is 0 Å². The zero-order valence-electron chi connectivity index (χ0n) is 11.2. The largest absolute Gasteiger partial charge is 0.352 e. The lowest BCUT2D eigenvalue weighted by atomic mass is 10.1. The van der Waals surface area contributed by atoms with Gasteiger partial charge < -0.3 is 10.6 Å². The van der Waals surface area contributed by atoms with Gasteiger partial charge in [-0.2, -0.15) is 5.10 Å². The number of hydrogen-bond acceptors (Lipinski definition) is 4. The molecule has 96 valence electrons. The number of aromatic nitrogens is 2. The molecular formula is C13H24N4. The predicted molar refractivity (Wildman–Crippen MR) is 71.9 cm³/mol. The fraction of sp³-hybridized carbons (Fsp3) is 0.692. The maximum Gasteiger partial charge on any atom is 0.156 e. The molecule has 0 spiro atoms. The second-order valence-electron chi connectivity index (χ2n) is 4.39. The molecule has 4 nitrogen and oxygen atoms in total.